The smallest absolute Gasteiger partial charge is 0.121 e. The van der Waals surface area contributed by atoms with Crippen molar-refractivity contribution in [3.8, 4) is 0 Å². The van der Waals surface area contributed by atoms with E-state index >= 15 is 0 Å². The molecule has 0 amide bonds. The minimum atomic E-state index is 0.0497. The molecule has 1 heterocycles. The van der Waals surface area contributed by atoms with E-state index in [1.54, 1.807) is 6.26 Å². The maximum atomic E-state index is 8.62. The van der Waals surface area contributed by atoms with E-state index in [0.29, 0.717) is 0 Å². The van der Waals surface area contributed by atoms with Crippen molar-refractivity contribution in [1.29, 1.82) is 0 Å². The van der Waals surface area contributed by atoms with Crippen molar-refractivity contribution < 1.29 is 9.84 Å². The van der Waals surface area contributed by atoms with Crippen LogP contribution in [0.15, 0.2) is 11.8 Å². The molecule has 2 nitrogen and oxygen atoms in total. The first kappa shape index (κ1) is 6.62. The van der Waals surface area contributed by atoms with Crippen molar-refractivity contribution in [2.24, 2.45) is 0 Å². The minimum absolute atomic E-state index is 0.0497. The van der Waals surface area contributed by atoms with Crippen LogP contribution < -0.4 is 0 Å². The summed E-state index contributed by atoms with van der Waals surface area (Å²) < 4.78 is 5.13. The van der Waals surface area contributed by atoms with Crippen LogP contribution in [0.3, 0.4) is 0 Å². The highest BCUT2D eigenvalue weighted by molar-refractivity contribution is 4.96. The van der Waals surface area contributed by atoms with Crippen LogP contribution in [0.4, 0.5) is 0 Å². The lowest BCUT2D eigenvalue weighted by Gasteiger charge is -2.19. The highest BCUT2D eigenvalue weighted by Gasteiger charge is 2.10. The zero-order chi connectivity index (χ0) is 6.69. The zero-order valence-corrected chi connectivity index (χ0v) is 5.63. The van der Waals surface area contributed by atoms with Crippen LogP contribution in [-0.2, 0) is 4.74 Å². The van der Waals surface area contributed by atoms with Gasteiger partial charge in [0.25, 0.3) is 0 Å². The second-order valence-corrected chi connectivity index (χ2v) is 2.44. The maximum Gasteiger partial charge on any atom is 0.121 e. The third-order valence-corrected chi connectivity index (χ3v) is 1.53. The van der Waals surface area contributed by atoms with E-state index in [1.807, 2.05) is 6.92 Å². The summed E-state index contributed by atoms with van der Waals surface area (Å²) in [4.78, 5) is 0. The van der Waals surface area contributed by atoms with Gasteiger partial charge in [0.1, 0.15) is 6.10 Å². The molecule has 1 aliphatic heterocycles. The van der Waals surface area contributed by atoms with Gasteiger partial charge in [-0.1, -0.05) is 0 Å². The van der Waals surface area contributed by atoms with E-state index < -0.39 is 0 Å². The maximum absolute atomic E-state index is 8.62. The number of ether oxygens (including phenoxy) is 1. The molecule has 1 rings (SSSR count). The minimum Gasteiger partial charge on any atom is -0.496 e. The quantitative estimate of drug-likeness (QED) is 0.572. The van der Waals surface area contributed by atoms with E-state index in [4.69, 9.17) is 9.84 Å². The molecule has 0 unspecified atom stereocenters. The summed E-state index contributed by atoms with van der Waals surface area (Å²) >= 11 is 0. The molecule has 0 aliphatic carbocycles. The van der Waals surface area contributed by atoms with Crippen LogP contribution in [0.2, 0.25) is 0 Å². The Bertz CT molecular complexity index is 118. The third kappa shape index (κ3) is 1.72. The summed E-state index contributed by atoms with van der Waals surface area (Å²) in [6.07, 6.45) is 3.81. The first-order valence-corrected chi connectivity index (χ1v) is 3.25. The Kier molecular flexibility index (Phi) is 2.11. The fraction of sp³-hybridized carbons (Fsp3) is 0.714. The van der Waals surface area contributed by atoms with Gasteiger partial charge < -0.3 is 9.84 Å². The molecule has 52 valence electrons. The van der Waals surface area contributed by atoms with Gasteiger partial charge >= 0.3 is 0 Å². The molecule has 0 radical (unpaired) electrons. The van der Waals surface area contributed by atoms with Crippen molar-refractivity contribution in [3.63, 3.8) is 0 Å². The van der Waals surface area contributed by atoms with Crippen LogP contribution in [-0.4, -0.2) is 17.8 Å². The van der Waals surface area contributed by atoms with E-state index in [1.165, 1.54) is 5.57 Å². The second-order valence-electron chi connectivity index (χ2n) is 2.44. The topological polar surface area (TPSA) is 29.5 Å². The molecular formula is C7H12O2. The van der Waals surface area contributed by atoms with Crippen molar-refractivity contribution in [2.45, 2.75) is 25.9 Å². The van der Waals surface area contributed by atoms with Crippen molar-refractivity contribution >= 4 is 0 Å². The molecule has 0 aromatic carbocycles. The summed E-state index contributed by atoms with van der Waals surface area (Å²) in [5, 5.41) is 8.62. The largest absolute Gasteiger partial charge is 0.496 e. The number of rotatable bonds is 1. The number of aliphatic hydroxyl groups excluding tert-OH is 1. The number of hydrogen-bond acceptors (Lipinski definition) is 2. The van der Waals surface area contributed by atoms with Crippen LogP contribution >= 0.6 is 0 Å². The summed E-state index contributed by atoms with van der Waals surface area (Å²) in [6.45, 7) is 2.18. The third-order valence-electron chi connectivity index (χ3n) is 1.53. The first-order chi connectivity index (χ1) is 4.33. The van der Waals surface area contributed by atoms with E-state index in [0.717, 1.165) is 12.8 Å². The predicted molar refractivity (Wildman–Crippen MR) is 34.9 cm³/mol. The van der Waals surface area contributed by atoms with Crippen molar-refractivity contribution in [1.82, 2.24) is 0 Å². The molecule has 0 aromatic rings. The zero-order valence-electron chi connectivity index (χ0n) is 5.63. The number of allylic oxidation sites excluding steroid dienone is 1. The molecule has 0 bridgehead atoms. The van der Waals surface area contributed by atoms with Crippen molar-refractivity contribution in [2.75, 3.05) is 6.61 Å². The highest BCUT2D eigenvalue weighted by atomic mass is 16.5. The molecule has 0 spiro atoms. The van der Waals surface area contributed by atoms with Gasteiger partial charge in [0.15, 0.2) is 0 Å². The Labute approximate surface area is 55.1 Å². The van der Waals surface area contributed by atoms with Crippen LogP contribution in [0, 0.1) is 0 Å². The van der Waals surface area contributed by atoms with Gasteiger partial charge in [-0.25, -0.2) is 0 Å². The van der Waals surface area contributed by atoms with E-state index in [9.17, 15) is 0 Å². The Morgan fingerprint density at radius 1 is 1.89 bits per heavy atom. The van der Waals surface area contributed by atoms with Gasteiger partial charge in [-0.15, -0.1) is 0 Å². The Balaban J connectivity index is 2.36. The summed E-state index contributed by atoms with van der Waals surface area (Å²) in [5.74, 6) is 0. The molecule has 1 aliphatic rings. The van der Waals surface area contributed by atoms with E-state index in [-0.39, 0.29) is 12.7 Å². The average molecular weight is 128 g/mol. The number of aliphatic hydroxyl groups is 1. The van der Waals surface area contributed by atoms with Gasteiger partial charge in [-0.2, -0.15) is 0 Å². The Morgan fingerprint density at radius 2 is 2.67 bits per heavy atom. The van der Waals surface area contributed by atoms with Gasteiger partial charge in [-0.3, -0.25) is 0 Å². The molecular weight excluding hydrogens is 116 g/mol. The molecule has 2 heteroatoms. The molecule has 0 saturated carbocycles. The Hall–Kier alpha value is -0.500. The fourth-order valence-corrected chi connectivity index (χ4v) is 0.862. The lowest BCUT2D eigenvalue weighted by Crippen LogP contribution is -2.17. The SMILES string of the molecule is CC1=CO[C@H](CO)CC1. The predicted octanol–water partition coefficient (Wildman–Crippen LogP) is 1.06. The van der Waals surface area contributed by atoms with Gasteiger partial charge in [0.2, 0.25) is 0 Å². The van der Waals surface area contributed by atoms with Gasteiger partial charge in [0, 0.05) is 0 Å². The lowest BCUT2D eigenvalue weighted by molar-refractivity contribution is 0.0605. The highest BCUT2D eigenvalue weighted by Crippen LogP contribution is 2.15. The number of hydrogen-bond donors (Lipinski definition) is 1. The van der Waals surface area contributed by atoms with Gasteiger partial charge in [-0.05, 0) is 25.3 Å². The Morgan fingerprint density at radius 3 is 3.11 bits per heavy atom. The van der Waals surface area contributed by atoms with Crippen molar-refractivity contribution in [3.05, 3.63) is 11.8 Å². The monoisotopic (exact) mass is 128 g/mol. The molecule has 0 fully saturated rings. The second kappa shape index (κ2) is 2.87. The summed E-state index contributed by atoms with van der Waals surface area (Å²) in [6, 6.07) is 0. The van der Waals surface area contributed by atoms with Crippen LogP contribution in [0.5, 0.6) is 0 Å². The molecule has 9 heavy (non-hydrogen) atoms. The molecule has 0 aromatic heterocycles. The standard InChI is InChI=1S/C7H12O2/c1-6-2-3-7(4-8)9-5-6/h5,7-8H,2-4H2,1H3/t7-/m0/s1. The summed E-state index contributed by atoms with van der Waals surface area (Å²) in [7, 11) is 0. The van der Waals surface area contributed by atoms with Crippen LogP contribution in [0.1, 0.15) is 19.8 Å². The fourth-order valence-electron chi connectivity index (χ4n) is 0.862. The molecule has 1 N–H and O–H groups in total. The molecule has 0 saturated heterocycles. The lowest BCUT2D eigenvalue weighted by atomic mass is 10.1. The molecule has 1 atom stereocenters. The van der Waals surface area contributed by atoms with E-state index in [2.05, 4.69) is 0 Å². The first-order valence-electron chi connectivity index (χ1n) is 3.25. The normalized spacial score (nSPS) is 26.9. The summed E-state index contributed by atoms with van der Waals surface area (Å²) in [5.41, 5.74) is 1.26. The van der Waals surface area contributed by atoms with Crippen LogP contribution in [0.25, 0.3) is 0 Å². The van der Waals surface area contributed by atoms with Gasteiger partial charge in [0.05, 0.1) is 12.9 Å². The average Bonchev–Trinajstić information content (AvgIpc) is 1.90.